The summed E-state index contributed by atoms with van der Waals surface area (Å²) in [7, 11) is 5.82. The molecule has 1 aromatic heterocycles. The Bertz CT molecular complexity index is 1030. The second-order valence-corrected chi connectivity index (χ2v) is 9.95. The first-order valence-electron chi connectivity index (χ1n) is 12.5. The number of nitrogens with one attached hydrogen (secondary N) is 1. The van der Waals surface area contributed by atoms with Gasteiger partial charge in [0.15, 0.2) is 0 Å². The van der Waals surface area contributed by atoms with Crippen molar-refractivity contribution >= 4 is 17.6 Å². The Hall–Kier alpha value is -3.13. The highest BCUT2D eigenvalue weighted by molar-refractivity contribution is 5.96. The quantitative estimate of drug-likeness (QED) is 0.508. The van der Waals surface area contributed by atoms with Crippen LogP contribution in [0.5, 0.6) is 5.75 Å². The summed E-state index contributed by atoms with van der Waals surface area (Å²) in [6.07, 6.45) is 8.35. The first-order chi connectivity index (χ1) is 16.9. The maximum Gasteiger partial charge on any atom is 0.251 e. The fourth-order valence-corrected chi connectivity index (χ4v) is 5.57. The fourth-order valence-electron chi connectivity index (χ4n) is 5.57. The molecule has 0 spiro atoms. The molecule has 2 aliphatic rings. The van der Waals surface area contributed by atoms with Crippen LogP contribution in [0.15, 0.2) is 36.5 Å². The molecule has 2 aliphatic heterocycles. The molecule has 3 N–H and O–H groups in total. The van der Waals surface area contributed by atoms with Crippen molar-refractivity contribution in [3.63, 3.8) is 0 Å². The number of methoxy groups -OCH3 is 1. The Kier molecular flexibility index (Phi) is 7.90. The largest absolute Gasteiger partial charge is 0.496 e. The molecule has 35 heavy (non-hydrogen) atoms. The molecule has 2 aromatic rings. The standard InChI is InChI=1S/C27H37N5O3/c1-31(2)14-5-4-7-22-23(8-6-9-24(22)35-3)27(34)30-19-15-20-11-12-21(16-19)32(20)25-13-10-18(17-29-25)26(28)33/h6,8-10,13,17,19-21H,4-5,7,11-12,14-16H2,1-3H3,(H2,28,33)(H,30,34)/t19?,20-,21+. The van der Waals surface area contributed by atoms with Gasteiger partial charge in [0.2, 0.25) is 5.91 Å². The highest BCUT2D eigenvalue weighted by atomic mass is 16.5. The summed E-state index contributed by atoms with van der Waals surface area (Å²) in [5.74, 6) is 1.17. The van der Waals surface area contributed by atoms with Crippen molar-refractivity contribution in [3.05, 3.63) is 53.2 Å². The summed E-state index contributed by atoms with van der Waals surface area (Å²) in [5, 5.41) is 3.32. The van der Waals surface area contributed by atoms with Crippen molar-refractivity contribution < 1.29 is 14.3 Å². The van der Waals surface area contributed by atoms with Crippen molar-refractivity contribution in [3.8, 4) is 5.75 Å². The summed E-state index contributed by atoms with van der Waals surface area (Å²) in [5.41, 5.74) is 7.48. The van der Waals surface area contributed by atoms with Gasteiger partial charge in [0, 0.05) is 35.4 Å². The van der Waals surface area contributed by atoms with Gasteiger partial charge in [-0.3, -0.25) is 9.59 Å². The van der Waals surface area contributed by atoms with E-state index in [4.69, 9.17) is 10.5 Å². The third kappa shape index (κ3) is 5.75. The number of amides is 2. The van der Waals surface area contributed by atoms with Gasteiger partial charge in [-0.05, 0) is 89.9 Å². The van der Waals surface area contributed by atoms with Gasteiger partial charge in [-0.15, -0.1) is 0 Å². The summed E-state index contributed by atoms with van der Waals surface area (Å²) in [6.45, 7) is 1.03. The second kappa shape index (κ2) is 11.1. The molecule has 2 amide bonds. The number of carbonyl (C=O) groups excluding carboxylic acids is 2. The van der Waals surface area contributed by atoms with Gasteiger partial charge in [-0.25, -0.2) is 4.98 Å². The van der Waals surface area contributed by atoms with Crippen molar-refractivity contribution in [1.29, 1.82) is 0 Å². The van der Waals surface area contributed by atoms with Crippen LogP contribution in [0.1, 0.15) is 64.8 Å². The molecule has 2 saturated heterocycles. The number of piperidine rings is 1. The van der Waals surface area contributed by atoms with Crippen molar-refractivity contribution in [2.45, 2.75) is 63.1 Å². The SMILES string of the molecule is COc1cccc(C(=O)NC2C[C@H]3CC[C@@H](C2)N3c2ccc(C(N)=O)cn2)c1CCCCN(C)C. The van der Waals surface area contributed by atoms with Gasteiger partial charge in [0.25, 0.3) is 5.91 Å². The van der Waals surface area contributed by atoms with Crippen LogP contribution in [0.4, 0.5) is 5.82 Å². The maximum atomic E-state index is 13.4. The molecule has 2 fully saturated rings. The van der Waals surface area contributed by atoms with Crippen LogP contribution >= 0.6 is 0 Å². The lowest BCUT2D eigenvalue weighted by atomic mass is 9.95. The smallest absolute Gasteiger partial charge is 0.251 e. The van der Waals surface area contributed by atoms with E-state index in [1.165, 1.54) is 0 Å². The minimum Gasteiger partial charge on any atom is -0.496 e. The summed E-state index contributed by atoms with van der Waals surface area (Å²) >= 11 is 0. The van der Waals surface area contributed by atoms with Crippen molar-refractivity contribution in [1.82, 2.24) is 15.2 Å². The number of nitrogens with zero attached hydrogens (tertiary/aromatic N) is 3. The average Bonchev–Trinajstić information content (AvgIpc) is 3.11. The van der Waals surface area contributed by atoms with E-state index >= 15 is 0 Å². The molecule has 0 radical (unpaired) electrons. The lowest BCUT2D eigenvalue weighted by Crippen LogP contribution is -2.51. The number of hydrogen-bond acceptors (Lipinski definition) is 6. The highest BCUT2D eigenvalue weighted by Crippen LogP contribution is 2.38. The molecule has 3 heterocycles. The second-order valence-electron chi connectivity index (χ2n) is 9.95. The molecule has 1 unspecified atom stereocenters. The molecule has 8 heteroatoms. The van der Waals surface area contributed by atoms with E-state index < -0.39 is 5.91 Å². The van der Waals surface area contributed by atoms with E-state index in [2.05, 4.69) is 34.2 Å². The Morgan fingerprint density at radius 3 is 2.49 bits per heavy atom. The van der Waals surface area contributed by atoms with Crippen molar-refractivity contribution in [2.75, 3.05) is 32.6 Å². The predicted octanol–water partition coefficient (Wildman–Crippen LogP) is 3.00. The molecule has 1 aromatic carbocycles. The van der Waals surface area contributed by atoms with E-state index in [-0.39, 0.29) is 11.9 Å². The van der Waals surface area contributed by atoms with Crippen LogP contribution in [-0.4, -0.2) is 67.6 Å². The van der Waals surface area contributed by atoms with Gasteiger partial charge in [0.05, 0.1) is 12.7 Å². The van der Waals surface area contributed by atoms with Crippen LogP contribution < -0.4 is 20.7 Å². The average molecular weight is 480 g/mol. The number of anilines is 1. The zero-order valence-electron chi connectivity index (χ0n) is 21.0. The number of hydrogen-bond donors (Lipinski definition) is 2. The first-order valence-corrected chi connectivity index (χ1v) is 12.5. The van der Waals surface area contributed by atoms with E-state index in [1.54, 1.807) is 19.4 Å². The van der Waals surface area contributed by atoms with Gasteiger partial charge in [0.1, 0.15) is 11.6 Å². The van der Waals surface area contributed by atoms with Crippen LogP contribution in [0.25, 0.3) is 0 Å². The number of fused-ring (bicyclic) bond motifs is 2. The predicted molar refractivity (Wildman–Crippen MR) is 137 cm³/mol. The minimum atomic E-state index is -0.469. The number of aromatic nitrogens is 1. The topological polar surface area (TPSA) is 101 Å². The number of carbonyl (C=O) groups is 2. The first kappa shape index (κ1) is 25.0. The van der Waals surface area contributed by atoms with Crippen LogP contribution in [-0.2, 0) is 6.42 Å². The van der Waals surface area contributed by atoms with E-state index in [1.807, 2.05) is 24.3 Å². The molecule has 4 rings (SSSR count). The summed E-state index contributed by atoms with van der Waals surface area (Å²) < 4.78 is 5.60. The number of primary amides is 1. The Morgan fingerprint density at radius 2 is 1.89 bits per heavy atom. The number of ether oxygens (including phenoxy) is 1. The molecule has 8 nitrogen and oxygen atoms in total. The van der Waals surface area contributed by atoms with E-state index in [9.17, 15) is 9.59 Å². The minimum absolute atomic E-state index is 0.0201. The van der Waals surface area contributed by atoms with Crippen LogP contribution in [0, 0.1) is 0 Å². The summed E-state index contributed by atoms with van der Waals surface area (Å²) in [6, 6.07) is 10.1. The van der Waals surface area contributed by atoms with Gasteiger partial charge < -0.3 is 25.6 Å². The number of unbranched alkanes of at least 4 members (excludes halogenated alkanes) is 1. The molecule has 0 saturated carbocycles. The Morgan fingerprint density at radius 1 is 1.14 bits per heavy atom. The molecule has 3 atom stereocenters. The number of pyridine rings is 1. The van der Waals surface area contributed by atoms with E-state index in [0.29, 0.717) is 23.2 Å². The lowest BCUT2D eigenvalue weighted by Gasteiger charge is -2.40. The Labute approximate surface area is 207 Å². The van der Waals surface area contributed by atoms with Gasteiger partial charge in [-0.2, -0.15) is 0 Å². The van der Waals surface area contributed by atoms with Crippen LogP contribution in [0.3, 0.4) is 0 Å². The Balaban J connectivity index is 1.42. The summed E-state index contributed by atoms with van der Waals surface area (Å²) in [4.78, 5) is 33.8. The van der Waals surface area contributed by atoms with Gasteiger partial charge in [-0.1, -0.05) is 6.07 Å². The van der Waals surface area contributed by atoms with Crippen LogP contribution in [0.2, 0.25) is 0 Å². The van der Waals surface area contributed by atoms with Crippen molar-refractivity contribution in [2.24, 2.45) is 5.73 Å². The molecular formula is C27H37N5O3. The molecular weight excluding hydrogens is 442 g/mol. The molecule has 188 valence electrons. The zero-order valence-corrected chi connectivity index (χ0v) is 21.0. The lowest BCUT2D eigenvalue weighted by molar-refractivity contribution is 0.0924. The monoisotopic (exact) mass is 479 g/mol. The third-order valence-corrected chi connectivity index (χ3v) is 7.24. The number of rotatable bonds is 10. The number of nitrogens with two attached hydrogens (primary N) is 1. The zero-order chi connectivity index (χ0) is 24.9. The normalized spacial score (nSPS) is 21.3. The molecule has 0 aliphatic carbocycles. The van der Waals surface area contributed by atoms with Gasteiger partial charge >= 0.3 is 0 Å². The highest BCUT2D eigenvalue weighted by Gasteiger charge is 2.42. The van der Waals surface area contributed by atoms with E-state index in [0.717, 1.165) is 68.6 Å². The fraction of sp³-hybridized carbons (Fsp3) is 0.519. The molecule has 2 bridgehead atoms. The number of benzene rings is 1. The third-order valence-electron chi connectivity index (χ3n) is 7.24. The maximum absolute atomic E-state index is 13.4.